The number of aryl methyl sites for hydroxylation is 1. The van der Waals surface area contributed by atoms with Crippen LogP contribution in [0.3, 0.4) is 0 Å². The number of nitrogens with two attached hydrogens (primary N) is 1. The van der Waals surface area contributed by atoms with Crippen LogP contribution < -0.4 is 11.2 Å². The maximum absolute atomic E-state index is 11.2. The Morgan fingerprint density at radius 1 is 1.40 bits per heavy atom. The second-order valence-electron chi connectivity index (χ2n) is 4.54. The summed E-state index contributed by atoms with van der Waals surface area (Å²) in [4.78, 5) is 11.2. The predicted octanol–water partition coefficient (Wildman–Crippen LogP) is 1.90. The molecule has 0 radical (unpaired) electrons. The van der Waals surface area contributed by atoms with Crippen LogP contribution in [0.15, 0.2) is 24.3 Å². The van der Waals surface area contributed by atoms with Crippen molar-refractivity contribution in [3.05, 3.63) is 34.9 Å². The Morgan fingerprint density at radius 2 is 2.10 bits per heavy atom. The number of hydrogen-bond donors (Lipinski definition) is 3. The Labute approximate surface area is 124 Å². The first-order valence-electron chi connectivity index (χ1n) is 6.64. The van der Waals surface area contributed by atoms with Crippen molar-refractivity contribution in [1.82, 2.24) is 5.48 Å². The first-order valence-corrected chi connectivity index (χ1v) is 7.02. The maximum atomic E-state index is 11.2. The number of halogens is 1. The molecule has 0 aliphatic heterocycles. The SMILES string of the molecule is NCCCOC(CCc1ccc(Cl)cc1)CC(=O)NO. The number of amides is 1. The van der Waals surface area contributed by atoms with Crippen molar-refractivity contribution >= 4 is 17.5 Å². The first-order chi connectivity index (χ1) is 9.65. The molecule has 0 heterocycles. The number of hydrogen-bond acceptors (Lipinski definition) is 4. The minimum Gasteiger partial charge on any atom is -0.378 e. The third-order valence-corrected chi connectivity index (χ3v) is 3.16. The van der Waals surface area contributed by atoms with Crippen LogP contribution in [0.4, 0.5) is 0 Å². The highest BCUT2D eigenvalue weighted by Crippen LogP contribution is 2.14. The highest BCUT2D eigenvalue weighted by atomic mass is 35.5. The molecule has 0 saturated heterocycles. The normalized spacial score (nSPS) is 12.2. The van der Waals surface area contributed by atoms with E-state index in [1.54, 1.807) is 5.48 Å². The monoisotopic (exact) mass is 300 g/mol. The quantitative estimate of drug-likeness (QED) is 0.369. The summed E-state index contributed by atoms with van der Waals surface area (Å²) in [6.07, 6.45) is 2.12. The van der Waals surface area contributed by atoms with Crippen LogP contribution in [0, 0.1) is 0 Å². The molecule has 6 heteroatoms. The van der Waals surface area contributed by atoms with Crippen LogP contribution in [-0.4, -0.2) is 30.4 Å². The van der Waals surface area contributed by atoms with Gasteiger partial charge in [-0.05, 0) is 43.5 Å². The molecule has 0 aromatic heterocycles. The highest BCUT2D eigenvalue weighted by molar-refractivity contribution is 6.30. The van der Waals surface area contributed by atoms with Crippen molar-refractivity contribution < 1.29 is 14.7 Å². The average molecular weight is 301 g/mol. The summed E-state index contributed by atoms with van der Waals surface area (Å²) in [5.41, 5.74) is 8.17. The van der Waals surface area contributed by atoms with Gasteiger partial charge < -0.3 is 10.5 Å². The molecule has 0 aliphatic carbocycles. The molecule has 112 valence electrons. The Bertz CT molecular complexity index is 398. The Kier molecular flexibility index (Phi) is 8.22. The standard InChI is InChI=1S/C14H21ClN2O3/c15-12-5-2-11(3-6-12)4-7-13(10-14(18)17-19)20-9-1-8-16/h2-3,5-6,13,19H,1,4,7-10,16H2,(H,17,18). The summed E-state index contributed by atoms with van der Waals surface area (Å²) in [6, 6.07) is 7.57. The van der Waals surface area contributed by atoms with Crippen LogP contribution in [0.25, 0.3) is 0 Å². The van der Waals surface area contributed by atoms with Crippen molar-refractivity contribution in [2.45, 2.75) is 31.8 Å². The zero-order valence-electron chi connectivity index (χ0n) is 11.3. The molecular formula is C14H21ClN2O3. The van der Waals surface area contributed by atoms with E-state index in [4.69, 9.17) is 27.3 Å². The molecule has 1 amide bonds. The molecule has 1 unspecified atom stereocenters. The lowest BCUT2D eigenvalue weighted by atomic mass is 10.0. The van der Waals surface area contributed by atoms with E-state index < -0.39 is 5.91 Å². The van der Waals surface area contributed by atoms with Crippen molar-refractivity contribution in [2.75, 3.05) is 13.2 Å². The number of carbonyl (C=O) groups excluding carboxylic acids is 1. The van der Waals surface area contributed by atoms with Gasteiger partial charge in [0.2, 0.25) is 5.91 Å². The largest absolute Gasteiger partial charge is 0.378 e. The molecule has 0 fully saturated rings. The van der Waals surface area contributed by atoms with Gasteiger partial charge in [-0.15, -0.1) is 0 Å². The molecule has 5 nitrogen and oxygen atoms in total. The summed E-state index contributed by atoms with van der Waals surface area (Å²) < 4.78 is 5.62. The topological polar surface area (TPSA) is 84.6 Å². The molecule has 0 bridgehead atoms. The lowest BCUT2D eigenvalue weighted by molar-refractivity contribution is -0.132. The van der Waals surface area contributed by atoms with Gasteiger partial charge in [0, 0.05) is 11.6 Å². The van der Waals surface area contributed by atoms with E-state index in [1.807, 2.05) is 24.3 Å². The van der Waals surface area contributed by atoms with Gasteiger partial charge in [-0.2, -0.15) is 0 Å². The molecule has 1 rings (SSSR count). The van der Waals surface area contributed by atoms with Gasteiger partial charge in [0.15, 0.2) is 0 Å². The summed E-state index contributed by atoms with van der Waals surface area (Å²) in [7, 11) is 0. The highest BCUT2D eigenvalue weighted by Gasteiger charge is 2.14. The molecular weight excluding hydrogens is 280 g/mol. The molecule has 0 spiro atoms. The minimum atomic E-state index is -0.446. The Balaban J connectivity index is 2.45. The van der Waals surface area contributed by atoms with E-state index in [0.717, 1.165) is 18.4 Å². The van der Waals surface area contributed by atoms with Crippen LogP contribution in [-0.2, 0) is 16.0 Å². The fourth-order valence-electron chi connectivity index (χ4n) is 1.81. The van der Waals surface area contributed by atoms with Crippen molar-refractivity contribution in [1.29, 1.82) is 0 Å². The second-order valence-corrected chi connectivity index (χ2v) is 4.98. The summed E-state index contributed by atoms with van der Waals surface area (Å²) >= 11 is 5.83. The molecule has 1 aromatic rings. The fraction of sp³-hybridized carbons (Fsp3) is 0.500. The smallest absolute Gasteiger partial charge is 0.245 e. The number of benzene rings is 1. The Morgan fingerprint density at radius 3 is 2.70 bits per heavy atom. The van der Waals surface area contributed by atoms with Crippen molar-refractivity contribution in [2.24, 2.45) is 5.73 Å². The van der Waals surface area contributed by atoms with Gasteiger partial charge in [-0.3, -0.25) is 10.0 Å². The van der Waals surface area contributed by atoms with Crippen molar-refractivity contribution in [3.8, 4) is 0 Å². The summed E-state index contributed by atoms with van der Waals surface area (Å²) in [5.74, 6) is -0.446. The van der Waals surface area contributed by atoms with Gasteiger partial charge in [0.1, 0.15) is 0 Å². The lowest BCUT2D eigenvalue weighted by Gasteiger charge is -2.17. The molecule has 20 heavy (non-hydrogen) atoms. The number of hydroxylamine groups is 1. The van der Waals surface area contributed by atoms with Crippen LogP contribution in [0.5, 0.6) is 0 Å². The third kappa shape index (κ3) is 6.86. The molecule has 0 saturated carbocycles. The number of ether oxygens (including phenoxy) is 1. The Hall–Kier alpha value is -1.14. The first kappa shape index (κ1) is 16.9. The number of rotatable bonds is 9. The zero-order chi connectivity index (χ0) is 14.8. The molecule has 1 atom stereocenters. The minimum absolute atomic E-state index is 0.134. The van der Waals surface area contributed by atoms with Gasteiger partial charge >= 0.3 is 0 Å². The van der Waals surface area contributed by atoms with Crippen LogP contribution in [0.2, 0.25) is 5.02 Å². The van der Waals surface area contributed by atoms with E-state index in [9.17, 15) is 4.79 Å². The van der Waals surface area contributed by atoms with Crippen molar-refractivity contribution in [3.63, 3.8) is 0 Å². The van der Waals surface area contributed by atoms with E-state index in [2.05, 4.69) is 0 Å². The predicted molar refractivity (Wildman–Crippen MR) is 77.7 cm³/mol. The van der Waals surface area contributed by atoms with Crippen LogP contribution in [0.1, 0.15) is 24.8 Å². The van der Waals surface area contributed by atoms with Crippen LogP contribution >= 0.6 is 11.6 Å². The van der Waals surface area contributed by atoms with Gasteiger partial charge in [0.25, 0.3) is 0 Å². The third-order valence-electron chi connectivity index (χ3n) is 2.91. The van der Waals surface area contributed by atoms with Gasteiger partial charge in [-0.1, -0.05) is 23.7 Å². The molecule has 0 aliphatic rings. The average Bonchev–Trinajstić information content (AvgIpc) is 2.46. The molecule has 1 aromatic carbocycles. The van der Waals surface area contributed by atoms with E-state index in [1.165, 1.54) is 0 Å². The fourth-order valence-corrected chi connectivity index (χ4v) is 1.93. The lowest BCUT2D eigenvalue weighted by Crippen LogP contribution is -2.27. The van der Waals surface area contributed by atoms with E-state index in [0.29, 0.717) is 24.6 Å². The maximum Gasteiger partial charge on any atom is 0.245 e. The van der Waals surface area contributed by atoms with Gasteiger partial charge in [-0.25, -0.2) is 5.48 Å². The van der Waals surface area contributed by atoms with E-state index >= 15 is 0 Å². The zero-order valence-corrected chi connectivity index (χ0v) is 12.1. The summed E-state index contributed by atoms with van der Waals surface area (Å²) in [6.45, 7) is 1.07. The number of nitrogens with one attached hydrogen (secondary N) is 1. The number of carbonyl (C=O) groups is 1. The van der Waals surface area contributed by atoms with Gasteiger partial charge in [0.05, 0.1) is 12.5 Å². The molecule has 4 N–H and O–H groups in total. The second kappa shape index (κ2) is 9.72. The van der Waals surface area contributed by atoms with E-state index in [-0.39, 0.29) is 12.5 Å². The summed E-state index contributed by atoms with van der Waals surface area (Å²) in [5, 5.41) is 9.28.